The third-order valence-corrected chi connectivity index (χ3v) is 2.85. The number of nitrogens with zero attached hydrogens (tertiary/aromatic N) is 1. The van der Waals surface area contributed by atoms with E-state index in [1.165, 1.54) is 25.1 Å². The summed E-state index contributed by atoms with van der Waals surface area (Å²) in [6.45, 7) is 1.34. The minimum absolute atomic E-state index is 0.0908. The first-order valence-electron chi connectivity index (χ1n) is 6.50. The maximum absolute atomic E-state index is 13.3. The fourth-order valence-corrected chi connectivity index (χ4v) is 1.88. The Kier molecular flexibility index (Phi) is 4.65. The van der Waals surface area contributed by atoms with Crippen LogP contribution in [0.5, 0.6) is 0 Å². The number of hydrogen-bond donors (Lipinski definition) is 2. The molecule has 2 amide bonds. The summed E-state index contributed by atoms with van der Waals surface area (Å²) >= 11 is 0. The van der Waals surface area contributed by atoms with Crippen LogP contribution in [0.2, 0.25) is 0 Å². The second-order valence-electron chi connectivity index (χ2n) is 4.64. The van der Waals surface area contributed by atoms with Gasteiger partial charge in [-0.25, -0.2) is 0 Å². The van der Waals surface area contributed by atoms with E-state index >= 15 is 0 Å². The van der Waals surface area contributed by atoms with Crippen LogP contribution >= 0.6 is 0 Å². The number of nitrogens with one attached hydrogen (secondary N) is 2. The van der Waals surface area contributed by atoms with Gasteiger partial charge in [-0.3, -0.25) is 19.7 Å². The number of hydrogen-bond acceptors (Lipinski definition) is 4. The van der Waals surface area contributed by atoms with Gasteiger partial charge >= 0.3 is 5.69 Å². The molecule has 118 valence electrons. The summed E-state index contributed by atoms with van der Waals surface area (Å²) in [6.07, 6.45) is 0. The highest BCUT2D eigenvalue weighted by molar-refractivity contribution is 6.05. The topological polar surface area (TPSA) is 101 Å². The molecule has 0 saturated carbocycles. The molecule has 0 bridgehead atoms. The molecule has 7 nitrogen and oxygen atoms in total. The summed E-state index contributed by atoms with van der Waals surface area (Å²) < 4.78 is 13.3. The summed E-state index contributed by atoms with van der Waals surface area (Å²) in [5.41, 5.74) is 0.0429. The highest BCUT2D eigenvalue weighted by atomic mass is 19.1. The van der Waals surface area contributed by atoms with E-state index in [-0.39, 0.29) is 17.2 Å². The summed E-state index contributed by atoms with van der Waals surface area (Å²) in [5, 5.41) is 15.7. The van der Waals surface area contributed by atoms with E-state index in [9.17, 15) is 24.1 Å². The first-order valence-corrected chi connectivity index (χ1v) is 6.50. The standard InChI is InChI=1S/C15H12FN3O4/c1-9(20)17-11-4-2-3-10(7-11)15(21)18-12-5-6-13(16)14(8-12)19(22)23/h2-8H,1H3,(H,17,20)(H,18,21). The molecule has 0 aromatic heterocycles. The molecule has 0 spiro atoms. The van der Waals surface area contributed by atoms with Crippen molar-refractivity contribution in [3.8, 4) is 0 Å². The number of amides is 2. The lowest BCUT2D eigenvalue weighted by molar-refractivity contribution is -0.387. The number of nitro groups is 1. The Morgan fingerprint density at radius 3 is 2.43 bits per heavy atom. The smallest absolute Gasteiger partial charge is 0.306 e. The lowest BCUT2D eigenvalue weighted by Gasteiger charge is -2.07. The van der Waals surface area contributed by atoms with Crippen molar-refractivity contribution in [3.63, 3.8) is 0 Å². The van der Waals surface area contributed by atoms with Gasteiger partial charge in [0.2, 0.25) is 11.7 Å². The fraction of sp³-hybridized carbons (Fsp3) is 0.0667. The Morgan fingerprint density at radius 2 is 1.78 bits per heavy atom. The van der Waals surface area contributed by atoms with Crippen molar-refractivity contribution in [2.45, 2.75) is 6.92 Å². The van der Waals surface area contributed by atoms with Crippen LogP contribution in [0, 0.1) is 15.9 Å². The monoisotopic (exact) mass is 317 g/mol. The van der Waals surface area contributed by atoms with Gasteiger partial charge < -0.3 is 10.6 Å². The average Bonchev–Trinajstić information content (AvgIpc) is 2.48. The molecule has 2 rings (SSSR count). The van der Waals surface area contributed by atoms with Crippen molar-refractivity contribution in [2.24, 2.45) is 0 Å². The van der Waals surface area contributed by atoms with Crippen LogP contribution in [0.3, 0.4) is 0 Å². The predicted molar refractivity (Wildman–Crippen MR) is 81.8 cm³/mol. The van der Waals surface area contributed by atoms with Gasteiger partial charge in [-0.05, 0) is 30.3 Å². The number of rotatable bonds is 4. The van der Waals surface area contributed by atoms with Crippen molar-refractivity contribution < 1.29 is 18.9 Å². The molecule has 0 atom stereocenters. The van der Waals surface area contributed by atoms with Gasteiger partial charge in [0.05, 0.1) is 4.92 Å². The van der Waals surface area contributed by atoms with Crippen LogP contribution in [-0.4, -0.2) is 16.7 Å². The van der Waals surface area contributed by atoms with Crippen molar-refractivity contribution in [3.05, 3.63) is 64.0 Å². The second-order valence-corrected chi connectivity index (χ2v) is 4.64. The number of benzene rings is 2. The largest absolute Gasteiger partial charge is 0.326 e. The quantitative estimate of drug-likeness (QED) is 0.668. The van der Waals surface area contributed by atoms with Gasteiger partial charge in [-0.15, -0.1) is 0 Å². The molecule has 0 heterocycles. The third-order valence-electron chi connectivity index (χ3n) is 2.85. The number of anilines is 2. The molecule has 0 unspecified atom stereocenters. The van der Waals surface area contributed by atoms with Crippen molar-refractivity contribution in [2.75, 3.05) is 10.6 Å². The van der Waals surface area contributed by atoms with Crippen LogP contribution in [0.1, 0.15) is 17.3 Å². The zero-order valence-electron chi connectivity index (χ0n) is 12.0. The highest BCUT2D eigenvalue weighted by Crippen LogP contribution is 2.22. The number of nitro benzene ring substituents is 1. The van der Waals surface area contributed by atoms with Crippen LogP contribution in [0.15, 0.2) is 42.5 Å². The minimum Gasteiger partial charge on any atom is -0.326 e. The van der Waals surface area contributed by atoms with Gasteiger partial charge in [0.15, 0.2) is 0 Å². The SMILES string of the molecule is CC(=O)Nc1cccc(C(=O)Nc2ccc(F)c([N+](=O)[O-])c2)c1. The molecular formula is C15H12FN3O4. The van der Waals surface area contributed by atoms with E-state index < -0.39 is 22.3 Å². The maximum atomic E-state index is 13.3. The van der Waals surface area contributed by atoms with Gasteiger partial charge in [0.1, 0.15) is 0 Å². The first kappa shape index (κ1) is 16.1. The zero-order chi connectivity index (χ0) is 17.0. The average molecular weight is 317 g/mol. The molecule has 2 aromatic carbocycles. The van der Waals surface area contributed by atoms with Crippen LogP contribution < -0.4 is 10.6 Å². The number of carbonyl (C=O) groups is 2. The van der Waals surface area contributed by atoms with Crippen molar-refractivity contribution >= 4 is 28.9 Å². The Balaban J connectivity index is 2.21. The predicted octanol–water partition coefficient (Wildman–Crippen LogP) is 2.94. The third kappa shape index (κ3) is 4.10. The molecular weight excluding hydrogens is 305 g/mol. The molecule has 0 saturated heterocycles. The summed E-state index contributed by atoms with van der Waals surface area (Å²) in [4.78, 5) is 33.0. The Morgan fingerprint density at radius 1 is 1.09 bits per heavy atom. The molecule has 0 aliphatic rings. The molecule has 0 fully saturated rings. The zero-order valence-corrected chi connectivity index (χ0v) is 12.0. The van der Waals surface area contributed by atoms with Gasteiger partial charge in [-0.2, -0.15) is 4.39 Å². The summed E-state index contributed by atoms with van der Waals surface area (Å²) in [6, 6.07) is 9.21. The van der Waals surface area contributed by atoms with Crippen LogP contribution in [0.4, 0.5) is 21.5 Å². The van der Waals surface area contributed by atoms with Gasteiger partial charge in [0, 0.05) is 29.9 Å². The minimum atomic E-state index is -0.986. The van der Waals surface area contributed by atoms with Gasteiger partial charge in [0.25, 0.3) is 5.91 Å². The Labute approximate surface area is 130 Å². The molecule has 8 heteroatoms. The summed E-state index contributed by atoms with van der Waals surface area (Å²) in [7, 11) is 0. The first-order chi connectivity index (χ1) is 10.9. The number of carbonyl (C=O) groups excluding carboxylic acids is 2. The van der Waals surface area contributed by atoms with Crippen molar-refractivity contribution in [1.82, 2.24) is 0 Å². The Hall–Kier alpha value is -3.29. The number of halogens is 1. The second kappa shape index (κ2) is 6.65. The lowest BCUT2D eigenvalue weighted by atomic mass is 10.1. The Bertz CT molecular complexity index is 792. The summed E-state index contributed by atoms with van der Waals surface area (Å²) in [5.74, 6) is -1.81. The van der Waals surface area contributed by atoms with E-state index in [4.69, 9.17) is 0 Å². The van der Waals surface area contributed by atoms with E-state index in [0.717, 1.165) is 12.1 Å². The molecule has 0 aliphatic heterocycles. The van der Waals surface area contributed by atoms with Crippen molar-refractivity contribution in [1.29, 1.82) is 0 Å². The molecule has 0 aliphatic carbocycles. The van der Waals surface area contributed by atoms with E-state index in [0.29, 0.717) is 5.69 Å². The molecule has 2 aromatic rings. The lowest BCUT2D eigenvalue weighted by Crippen LogP contribution is -2.13. The van der Waals surface area contributed by atoms with E-state index in [1.807, 2.05) is 0 Å². The normalized spacial score (nSPS) is 10.0. The van der Waals surface area contributed by atoms with E-state index in [1.54, 1.807) is 12.1 Å². The highest BCUT2D eigenvalue weighted by Gasteiger charge is 2.16. The fourth-order valence-electron chi connectivity index (χ4n) is 1.88. The molecule has 23 heavy (non-hydrogen) atoms. The molecule has 2 N–H and O–H groups in total. The van der Waals surface area contributed by atoms with Crippen LogP contribution in [-0.2, 0) is 4.79 Å². The van der Waals surface area contributed by atoms with Gasteiger partial charge in [-0.1, -0.05) is 6.07 Å². The van der Waals surface area contributed by atoms with Crippen LogP contribution in [0.25, 0.3) is 0 Å². The van der Waals surface area contributed by atoms with E-state index in [2.05, 4.69) is 10.6 Å². The molecule has 0 radical (unpaired) electrons. The maximum Gasteiger partial charge on any atom is 0.306 e.